The fourth-order valence-electron chi connectivity index (χ4n) is 1.04. The standard InChI is InChI=1S/C8H8F2N2O5S/c9-5-4-8(17-1-2-18(11,15)16)6(10)3-7(5)12(13)14/h3-4H,1-2H2,(H2,11,15,16). The number of ether oxygens (including phenoxy) is 1. The molecule has 0 heterocycles. The van der Waals surface area contributed by atoms with E-state index in [1.807, 2.05) is 0 Å². The molecule has 0 unspecified atom stereocenters. The molecule has 0 saturated carbocycles. The van der Waals surface area contributed by atoms with E-state index >= 15 is 0 Å². The normalized spacial score (nSPS) is 11.3. The number of nitro groups is 1. The smallest absolute Gasteiger partial charge is 0.307 e. The van der Waals surface area contributed by atoms with E-state index in [0.717, 1.165) is 0 Å². The zero-order valence-electron chi connectivity index (χ0n) is 8.80. The van der Waals surface area contributed by atoms with Crippen molar-refractivity contribution in [1.82, 2.24) is 0 Å². The number of nitrogens with zero attached hydrogens (tertiary/aromatic N) is 1. The Labute approximate surface area is 100 Å². The third-order valence-corrected chi connectivity index (χ3v) is 2.56. The van der Waals surface area contributed by atoms with Gasteiger partial charge in [0, 0.05) is 6.07 Å². The van der Waals surface area contributed by atoms with Crippen molar-refractivity contribution in [2.24, 2.45) is 5.14 Å². The highest BCUT2D eigenvalue weighted by Gasteiger charge is 2.19. The lowest BCUT2D eigenvalue weighted by atomic mass is 10.3. The summed E-state index contributed by atoms with van der Waals surface area (Å²) in [5.74, 6) is -3.67. The van der Waals surface area contributed by atoms with Gasteiger partial charge in [0.25, 0.3) is 0 Å². The summed E-state index contributed by atoms with van der Waals surface area (Å²) in [6.07, 6.45) is 0. The summed E-state index contributed by atoms with van der Waals surface area (Å²) in [6, 6.07) is 0.818. The van der Waals surface area contributed by atoms with E-state index < -0.39 is 50.4 Å². The fraction of sp³-hybridized carbons (Fsp3) is 0.250. The molecule has 0 aliphatic heterocycles. The van der Waals surface area contributed by atoms with Crippen LogP contribution >= 0.6 is 0 Å². The lowest BCUT2D eigenvalue weighted by molar-refractivity contribution is -0.387. The molecule has 7 nitrogen and oxygen atoms in total. The molecule has 0 radical (unpaired) electrons. The van der Waals surface area contributed by atoms with Gasteiger partial charge in [0.05, 0.1) is 16.7 Å². The molecule has 0 aromatic heterocycles. The first kappa shape index (κ1) is 14.3. The second-order valence-corrected chi connectivity index (χ2v) is 4.94. The second-order valence-electron chi connectivity index (χ2n) is 3.21. The lowest BCUT2D eigenvalue weighted by Crippen LogP contribution is -2.21. The summed E-state index contributed by atoms with van der Waals surface area (Å²) in [5, 5.41) is 15.0. The topological polar surface area (TPSA) is 113 Å². The number of sulfonamides is 1. The molecule has 2 N–H and O–H groups in total. The van der Waals surface area contributed by atoms with Gasteiger partial charge in [-0.3, -0.25) is 10.1 Å². The van der Waals surface area contributed by atoms with Gasteiger partial charge in [0.2, 0.25) is 15.8 Å². The number of nitrogens with two attached hydrogens (primary N) is 1. The van der Waals surface area contributed by atoms with E-state index in [-0.39, 0.29) is 0 Å². The number of primary sulfonamides is 1. The van der Waals surface area contributed by atoms with Crippen LogP contribution in [0, 0.1) is 21.7 Å². The number of benzene rings is 1. The minimum Gasteiger partial charge on any atom is -0.489 e. The number of rotatable bonds is 5. The van der Waals surface area contributed by atoms with Crippen LogP contribution in [0.15, 0.2) is 12.1 Å². The molecule has 0 bridgehead atoms. The fourth-order valence-corrected chi connectivity index (χ4v) is 1.35. The van der Waals surface area contributed by atoms with Gasteiger partial charge in [-0.25, -0.2) is 17.9 Å². The third-order valence-electron chi connectivity index (χ3n) is 1.82. The van der Waals surface area contributed by atoms with Gasteiger partial charge in [-0.1, -0.05) is 0 Å². The molecule has 10 heteroatoms. The van der Waals surface area contributed by atoms with Crippen molar-refractivity contribution >= 4 is 15.7 Å². The van der Waals surface area contributed by atoms with E-state index in [9.17, 15) is 27.3 Å². The minimum atomic E-state index is -3.79. The van der Waals surface area contributed by atoms with E-state index in [2.05, 4.69) is 9.88 Å². The van der Waals surface area contributed by atoms with Gasteiger partial charge >= 0.3 is 5.69 Å². The Morgan fingerprint density at radius 1 is 1.33 bits per heavy atom. The van der Waals surface area contributed by atoms with Crippen LogP contribution in [0.3, 0.4) is 0 Å². The summed E-state index contributed by atoms with van der Waals surface area (Å²) in [4.78, 5) is 9.20. The molecule has 0 fully saturated rings. The second kappa shape index (κ2) is 5.23. The molecule has 0 amide bonds. The first-order chi connectivity index (χ1) is 8.20. The molecule has 0 spiro atoms. The van der Waals surface area contributed by atoms with E-state index in [4.69, 9.17) is 0 Å². The van der Waals surface area contributed by atoms with Crippen molar-refractivity contribution in [3.05, 3.63) is 33.9 Å². The van der Waals surface area contributed by atoms with Gasteiger partial charge in [-0.15, -0.1) is 0 Å². The van der Waals surface area contributed by atoms with Crippen molar-refractivity contribution in [3.63, 3.8) is 0 Å². The monoisotopic (exact) mass is 282 g/mol. The average molecular weight is 282 g/mol. The molecule has 18 heavy (non-hydrogen) atoms. The maximum absolute atomic E-state index is 13.2. The molecule has 0 aliphatic carbocycles. The van der Waals surface area contributed by atoms with E-state index in [1.165, 1.54) is 0 Å². The Kier molecular flexibility index (Phi) is 4.14. The quantitative estimate of drug-likeness (QED) is 0.625. The number of hydrogen-bond donors (Lipinski definition) is 1. The Bertz CT molecular complexity index is 575. The summed E-state index contributed by atoms with van der Waals surface area (Å²) in [7, 11) is -3.79. The Balaban J connectivity index is 2.85. The van der Waals surface area contributed by atoms with Gasteiger partial charge < -0.3 is 4.74 Å². The molecule has 1 aromatic rings. The minimum absolute atomic E-state index is 0.349. The van der Waals surface area contributed by atoms with Crippen molar-refractivity contribution in [2.45, 2.75) is 0 Å². The molecule has 0 atom stereocenters. The maximum atomic E-state index is 13.2. The SMILES string of the molecule is NS(=O)(=O)CCOc1cc(F)c([N+](=O)[O-])cc1F. The first-order valence-electron chi connectivity index (χ1n) is 4.47. The highest BCUT2D eigenvalue weighted by molar-refractivity contribution is 7.89. The van der Waals surface area contributed by atoms with Crippen LogP contribution in [0.2, 0.25) is 0 Å². The Hall–Kier alpha value is -1.81. The van der Waals surface area contributed by atoms with Gasteiger partial charge in [0.1, 0.15) is 6.61 Å². The summed E-state index contributed by atoms with van der Waals surface area (Å²) in [6.45, 7) is -0.493. The highest BCUT2D eigenvalue weighted by Crippen LogP contribution is 2.26. The van der Waals surface area contributed by atoms with Gasteiger partial charge in [0.15, 0.2) is 11.6 Å². The molecule has 100 valence electrons. The van der Waals surface area contributed by atoms with Crippen LogP contribution in [0.5, 0.6) is 5.75 Å². The molecule has 1 aromatic carbocycles. The van der Waals surface area contributed by atoms with Crippen molar-refractivity contribution in [3.8, 4) is 5.75 Å². The summed E-state index contributed by atoms with van der Waals surface area (Å²) < 4.78 is 52.1. The Morgan fingerprint density at radius 2 is 1.94 bits per heavy atom. The van der Waals surface area contributed by atoms with Crippen LogP contribution in [-0.4, -0.2) is 25.7 Å². The highest BCUT2D eigenvalue weighted by atomic mass is 32.2. The van der Waals surface area contributed by atoms with Crippen LogP contribution < -0.4 is 9.88 Å². The van der Waals surface area contributed by atoms with E-state index in [0.29, 0.717) is 12.1 Å². The van der Waals surface area contributed by atoms with Crippen molar-refractivity contribution in [2.75, 3.05) is 12.4 Å². The van der Waals surface area contributed by atoms with Crippen molar-refractivity contribution in [1.29, 1.82) is 0 Å². The van der Waals surface area contributed by atoms with Gasteiger partial charge in [-0.05, 0) is 0 Å². The third kappa shape index (κ3) is 3.89. The average Bonchev–Trinajstić information content (AvgIpc) is 2.20. The molecule has 0 aliphatic rings. The summed E-state index contributed by atoms with van der Waals surface area (Å²) >= 11 is 0. The van der Waals surface area contributed by atoms with Crippen LogP contribution in [0.1, 0.15) is 0 Å². The number of halogens is 2. The number of hydrogen-bond acceptors (Lipinski definition) is 5. The van der Waals surface area contributed by atoms with E-state index in [1.54, 1.807) is 0 Å². The predicted molar refractivity (Wildman–Crippen MR) is 56.5 cm³/mol. The zero-order chi connectivity index (χ0) is 13.9. The first-order valence-corrected chi connectivity index (χ1v) is 6.19. The summed E-state index contributed by atoms with van der Waals surface area (Å²) in [5.41, 5.74) is -1.04. The predicted octanol–water partition coefficient (Wildman–Crippen LogP) is 0.540. The molecular formula is C8H8F2N2O5S. The molecule has 0 saturated heterocycles. The number of nitro benzene ring substituents is 1. The van der Waals surface area contributed by atoms with Crippen molar-refractivity contribution < 1.29 is 26.9 Å². The Morgan fingerprint density at radius 3 is 2.44 bits per heavy atom. The maximum Gasteiger partial charge on any atom is 0.307 e. The van der Waals surface area contributed by atoms with Crippen LogP contribution in [0.4, 0.5) is 14.5 Å². The van der Waals surface area contributed by atoms with Gasteiger partial charge in [-0.2, -0.15) is 4.39 Å². The molecular weight excluding hydrogens is 274 g/mol. The zero-order valence-corrected chi connectivity index (χ0v) is 9.62. The van der Waals surface area contributed by atoms with Crippen LogP contribution in [0.25, 0.3) is 0 Å². The van der Waals surface area contributed by atoms with Crippen LogP contribution in [-0.2, 0) is 10.0 Å². The lowest BCUT2D eigenvalue weighted by Gasteiger charge is -2.06. The largest absolute Gasteiger partial charge is 0.489 e. The molecule has 1 rings (SSSR count).